The molecule has 0 radical (unpaired) electrons. The Morgan fingerprint density at radius 1 is 1.41 bits per heavy atom. The molecule has 0 heterocycles. The molecule has 0 saturated carbocycles. The summed E-state index contributed by atoms with van der Waals surface area (Å²) < 4.78 is 21.4. The van der Waals surface area contributed by atoms with E-state index < -0.39 is 16.0 Å². The Kier molecular flexibility index (Phi) is 3.92. The average Bonchev–Trinajstić information content (AvgIpc) is 2.18. The molecule has 8 heteroatoms. The molecule has 0 aromatic heterocycles. The van der Waals surface area contributed by atoms with Crippen molar-refractivity contribution >= 4 is 27.4 Å². The molecule has 1 aromatic carbocycles. The van der Waals surface area contributed by atoms with Gasteiger partial charge in [-0.1, -0.05) is 0 Å². The first kappa shape index (κ1) is 13.3. The number of nitrogens with two attached hydrogens (primary N) is 2. The molecule has 0 aliphatic heterocycles. The number of carboxylic acid groups (broad SMARTS) is 1. The normalized spacial score (nSPS) is 11.1. The second-order valence-corrected chi connectivity index (χ2v) is 5.14. The van der Waals surface area contributed by atoms with E-state index in [0.717, 1.165) is 0 Å². The van der Waals surface area contributed by atoms with E-state index in [-0.39, 0.29) is 17.9 Å². The van der Waals surface area contributed by atoms with E-state index in [1.165, 1.54) is 18.2 Å². The number of rotatable bonds is 5. The number of carboxylic acids is 1. The quantitative estimate of drug-likeness (QED) is 0.534. The molecular formula is C9H13N3O4S. The van der Waals surface area contributed by atoms with E-state index in [0.29, 0.717) is 11.4 Å². The van der Waals surface area contributed by atoms with Gasteiger partial charge in [0.05, 0.1) is 11.3 Å². The minimum atomic E-state index is -3.57. The zero-order chi connectivity index (χ0) is 13.1. The van der Waals surface area contributed by atoms with Crippen LogP contribution >= 0.6 is 0 Å². The van der Waals surface area contributed by atoms with Crippen molar-refractivity contribution in [3.8, 4) is 0 Å². The number of primary sulfonamides is 1. The summed E-state index contributed by atoms with van der Waals surface area (Å²) in [6, 6.07) is 4.29. The summed E-state index contributed by atoms with van der Waals surface area (Å²) in [5.74, 6) is -1.42. The minimum absolute atomic E-state index is 0.0144. The number of anilines is 2. The Balaban J connectivity index is 2.81. The second-order valence-electron chi connectivity index (χ2n) is 3.40. The maximum atomic E-state index is 10.9. The molecule has 0 bridgehead atoms. The number of nitrogens with one attached hydrogen (secondary N) is 1. The van der Waals surface area contributed by atoms with Gasteiger partial charge in [0.15, 0.2) is 0 Å². The smallest absolute Gasteiger partial charge is 0.337 e. The highest BCUT2D eigenvalue weighted by atomic mass is 32.2. The highest BCUT2D eigenvalue weighted by molar-refractivity contribution is 7.89. The average molecular weight is 259 g/mol. The summed E-state index contributed by atoms with van der Waals surface area (Å²) in [7, 11) is -3.57. The first-order chi connectivity index (χ1) is 7.79. The molecule has 0 saturated heterocycles. The third-order valence-corrected chi connectivity index (χ3v) is 2.75. The van der Waals surface area contributed by atoms with E-state index in [1.807, 2.05) is 0 Å². The summed E-state index contributed by atoms with van der Waals surface area (Å²) in [5.41, 5.74) is 6.06. The van der Waals surface area contributed by atoms with Crippen LogP contribution < -0.4 is 16.2 Å². The lowest BCUT2D eigenvalue weighted by Crippen LogP contribution is -2.23. The van der Waals surface area contributed by atoms with Gasteiger partial charge in [-0.05, 0) is 18.2 Å². The standard InChI is InChI=1S/C9H13N3O4S/c10-6-1-2-8(7(5-6)9(13)14)12-3-4-17(11,15)16/h1-2,5,12H,3-4,10H2,(H,13,14)(H2,11,15,16). The number of sulfonamides is 1. The highest BCUT2D eigenvalue weighted by Gasteiger charge is 2.10. The number of benzene rings is 1. The van der Waals surface area contributed by atoms with Crippen LogP contribution in [0.25, 0.3) is 0 Å². The van der Waals surface area contributed by atoms with Gasteiger partial charge in [-0.3, -0.25) is 0 Å². The van der Waals surface area contributed by atoms with Gasteiger partial charge in [0.1, 0.15) is 0 Å². The van der Waals surface area contributed by atoms with Crippen LogP contribution in [0.1, 0.15) is 10.4 Å². The van der Waals surface area contributed by atoms with Crippen LogP contribution in [-0.2, 0) is 10.0 Å². The molecule has 0 atom stereocenters. The lowest BCUT2D eigenvalue weighted by Gasteiger charge is -2.09. The van der Waals surface area contributed by atoms with Crippen molar-refractivity contribution in [1.29, 1.82) is 0 Å². The van der Waals surface area contributed by atoms with Gasteiger partial charge in [-0.15, -0.1) is 0 Å². The van der Waals surface area contributed by atoms with Crippen molar-refractivity contribution in [1.82, 2.24) is 0 Å². The highest BCUT2D eigenvalue weighted by Crippen LogP contribution is 2.18. The zero-order valence-corrected chi connectivity index (χ0v) is 9.70. The lowest BCUT2D eigenvalue weighted by molar-refractivity contribution is 0.0698. The van der Waals surface area contributed by atoms with E-state index in [4.69, 9.17) is 16.0 Å². The van der Waals surface area contributed by atoms with Crippen LogP contribution in [-0.4, -0.2) is 31.8 Å². The van der Waals surface area contributed by atoms with Crippen molar-refractivity contribution in [3.05, 3.63) is 23.8 Å². The lowest BCUT2D eigenvalue weighted by atomic mass is 10.1. The van der Waals surface area contributed by atoms with Gasteiger partial charge in [0, 0.05) is 17.9 Å². The van der Waals surface area contributed by atoms with Gasteiger partial charge in [0.25, 0.3) is 0 Å². The molecule has 0 aliphatic rings. The van der Waals surface area contributed by atoms with Gasteiger partial charge >= 0.3 is 5.97 Å². The third kappa shape index (κ3) is 4.29. The van der Waals surface area contributed by atoms with Gasteiger partial charge in [0.2, 0.25) is 10.0 Å². The Morgan fingerprint density at radius 2 is 2.06 bits per heavy atom. The second kappa shape index (κ2) is 5.02. The summed E-state index contributed by atoms with van der Waals surface area (Å²) in [6.07, 6.45) is 0. The number of hydrogen-bond donors (Lipinski definition) is 4. The van der Waals surface area contributed by atoms with Gasteiger partial charge in [-0.25, -0.2) is 18.4 Å². The molecule has 17 heavy (non-hydrogen) atoms. The summed E-state index contributed by atoms with van der Waals surface area (Å²) >= 11 is 0. The maximum Gasteiger partial charge on any atom is 0.337 e. The van der Waals surface area contributed by atoms with Crippen molar-refractivity contribution in [2.75, 3.05) is 23.3 Å². The SMILES string of the molecule is Nc1ccc(NCCS(N)(=O)=O)c(C(=O)O)c1. The van der Waals surface area contributed by atoms with Crippen molar-refractivity contribution in [3.63, 3.8) is 0 Å². The molecule has 0 amide bonds. The molecule has 7 nitrogen and oxygen atoms in total. The summed E-state index contributed by atoms with van der Waals surface area (Å²) in [5, 5.41) is 16.4. The first-order valence-corrected chi connectivity index (χ1v) is 6.38. The Bertz CT molecular complexity index is 527. The topological polar surface area (TPSA) is 136 Å². The third-order valence-electron chi connectivity index (χ3n) is 1.98. The van der Waals surface area contributed by atoms with Gasteiger partial charge < -0.3 is 16.2 Å². The van der Waals surface area contributed by atoms with Crippen molar-refractivity contribution in [2.24, 2.45) is 5.14 Å². The zero-order valence-electron chi connectivity index (χ0n) is 8.88. The van der Waals surface area contributed by atoms with Crippen LogP contribution in [0.5, 0.6) is 0 Å². The molecule has 94 valence electrons. The van der Waals surface area contributed by atoms with Crippen LogP contribution in [0, 0.1) is 0 Å². The Morgan fingerprint density at radius 3 is 2.59 bits per heavy atom. The molecule has 1 rings (SSSR count). The predicted octanol–water partition coefficient (Wildman–Crippen LogP) is -0.333. The van der Waals surface area contributed by atoms with E-state index in [9.17, 15) is 13.2 Å². The van der Waals surface area contributed by atoms with Crippen LogP contribution in [0.4, 0.5) is 11.4 Å². The maximum absolute atomic E-state index is 10.9. The first-order valence-electron chi connectivity index (χ1n) is 4.67. The molecule has 0 spiro atoms. The largest absolute Gasteiger partial charge is 0.478 e. The predicted molar refractivity (Wildman–Crippen MR) is 64.3 cm³/mol. The molecule has 0 unspecified atom stereocenters. The van der Waals surface area contributed by atoms with Crippen molar-refractivity contribution in [2.45, 2.75) is 0 Å². The number of aromatic carboxylic acids is 1. The van der Waals surface area contributed by atoms with E-state index in [1.54, 1.807) is 0 Å². The molecule has 6 N–H and O–H groups in total. The Hall–Kier alpha value is -1.80. The fourth-order valence-electron chi connectivity index (χ4n) is 1.22. The molecule has 0 aliphatic carbocycles. The van der Waals surface area contributed by atoms with Crippen molar-refractivity contribution < 1.29 is 18.3 Å². The molecule has 0 fully saturated rings. The number of carbonyl (C=O) groups is 1. The monoisotopic (exact) mass is 259 g/mol. The van der Waals surface area contributed by atoms with E-state index in [2.05, 4.69) is 5.32 Å². The number of nitrogen functional groups attached to an aromatic ring is 1. The minimum Gasteiger partial charge on any atom is -0.478 e. The van der Waals surface area contributed by atoms with Crippen LogP contribution in [0.2, 0.25) is 0 Å². The Labute approximate surface area is 98.5 Å². The molecule has 1 aromatic rings. The fraction of sp³-hybridized carbons (Fsp3) is 0.222. The summed E-state index contributed by atoms with van der Waals surface area (Å²) in [4.78, 5) is 10.9. The van der Waals surface area contributed by atoms with Gasteiger partial charge in [-0.2, -0.15) is 0 Å². The van der Waals surface area contributed by atoms with E-state index >= 15 is 0 Å². The summed E-state index contributed by atoms with van der Waals surface area (Å²) in [6.45, 7) is 0.0308. The molecular weight excluding hydrogens is 246 g/mol. The van der Waals surface area contributed by atoms with Crippen LogP contribution in [0.3, 0.4) is 0 Å². The number of hydrogen-bond acceptors (Lipinski definition) is 5. The fourth-order valence-corrected chi connectivity index (χ4v) is 1.61. The van der Waals surface area contributed by atoms with Crippen LogP contribution in [0.15, 0.2) is 18.2 Å².